The molecule has 0 atom stereocenters. The Morgan fingerprint density at radius 3 is 1.33 bits per heavy atom. The summed E-state index contributed by atoms with van der Waals surface area (Å²) in [6.07, 6.45) is 4.46. The van der Waals surface area contributed by atoms with Crippen LogP contribution in [0.3, 0.4) is 0 Å². The molecule has 2 heteroatoms. The van der Waals surface area contributed by atoms with Gasteiger partial charge in [0.2, 0.25) is 0 Å². The first kappa shape index (κ1) is 32.1. The first-order chi connectivity index (χ1) is 24.8. The van der Waals surface area contributed by atoms with Gasteiger partial charge in [-0.3, -0.25) is 0 Å². The predicted molar refractivity (Wildman–Crippen MR) is 218 cm³/mol. The summed E-state index contributed by atoms with van der Waals surface area (Å²) in [4.78, 5) is 4.68. The van der Waals surface area contributed by atoms with Crippen molar-refractivity contribution >= 4 is 46.3 Å². The van der Waals surface area contributed by atoms with E-state index in [2.05, 4.69) is 220 Å². The Bertz CT molecular complexity index is 2280. The van der Waals surface area contributed by atoms with Gasteiger partial charge >= 0.3 is 0 Å². The zero-order valence-electron chi connectivity index (χ0n) is 29.7. The van der Waals surface area contributed by atoms with Crippen molar-refractivity contribution in [1.82, 2.24) is 0 Å². The molecule has 0 aliphatic heterocycles. The Kier molecular flexibility index (Phi) is 8.37. The van der Waals surface area contributed by atoms with Crippen LogP contribution in [0.15, 0.2) is 170 Å². The maximum atomic E-state index is 2.39. The fourth-order valence-corrected chi connectivity index (χ4v) is 7.62. The lowest BCUT2D eigenvalue weighted by molar-refractivity contribution is 0.660. The standard InChI is InChI=1S/C49H42N2/c1-35-30-36(2)32-44(31-35)51(41-18-12-7-13-19-41)42-25-22-37(23-26-42)20-21-38-24-28-45-46-29-27-43(34-48(46)49(3,4)47(45)33-38)50(39-14-8-5-9-15-39)40-16-10-6-11-17-40/h5-34H,1-4H3/b21-20+. The first-order valence-electron chi connectivity index (χ1n) is 17.8. The highest BCUT2D eigenvalue weighted by Gasteiger charge is 2.36. The SMILES string of the molecule is Cc1cc(C)cc(N(c2ccccc2)c2ccc(/C=C/c3ccc4c(c3)C(C)(C)c3cc(N(c5ccccc5)c5ccccc5)ccc3-4)cc2)c1. The number of aryl methyl sites for hydroxylation is 2. The second-order valence-corrected chi connectivity index (χ2v) is 14.1. The summed E-state index contributed by atoms with van der Waals surface area (Å²) in [5, 5.41) is 0. The van der Waals surface area contributed by atoms with Crippen molar-refractivity contribution in [1.29, 1.82) is 0 Å². The molecule has 1 aliphatic rings. The molecule has 0 amide bonds. The van der Waals surface area contributed by atoms with E-state index in [4.69, 9.17) is 0 Å². The number of fused-ring (bicyclic) bond motifs is 3. The Labute approximate surface area is 302 Å². The van der Waals surface area contributed by atoms with Gasteiger partial charge in [0.05, 0.1) is 0 Å². The van der Waals surface area contributed by atoms with E-state index in [9.17, 15) is 0 Å². The van der Waals surface area contributed by atoms with Gasteiger partial charge in [0.1, 0.15) is 0 Å². The number of hydrogen-bond donors (Lipinski definition) is 0. The van der Waals surface area contributed by atoms with Crippen molar-refractivity contribution in [3.05, 3.63) is 203 Å². The van der Waals surface area contributed by atoms with Crippen molar-refractivity contribution in [2.45, 2.75) is 33.1 Å². The van der Waals surface area contributed by atoms with Gasteiger partial charge in [-0.1, -0.05) is 123 Å². The lowest BCUT2D eigenvalue weighted by atomic mass is 9.81. The third-order valence-electron chi connectivity index (χ3n) is 10.1. The highest BCUT2D eigenvalue weighted by Crippen LogP contribution is 2.51. The maximum absolute atomic E-state index is 2.39. The normalized spacial score (nSPS) is 12.8. The van der Waals surface area contributed by atoms with Crippen LogP contribution >= 0.6 is 0 Å². The minimum atomic E-state index is -0.139. The second-order valence-electron chi connectivity index (χ2n) is 14.1. The Morgan fingerprint density at radius 1 is 0.373 bits per heavy atom. The third-order valence-corrected chi connectivity index (χ3v) is 10.1. The molecule has 0 N–H and O–H groups in total. The van der Waals surface area contributed by atoms with E-state index >= 15 is 0 Å². The second kappa shape index (κ2) is 13.3. The number of para-hydroxylation sites is 3. The van der Waals surface area contributed by atoms with Gasteiger partial charge in [-0.2, -0.15) is 0 Å². The molecule has 0 saturated heterocycles. The van der Waals surface area contributed by atoms with Gasteiger partial charge in [-0.15, -0.1) is 0 Å². The molecule has 0 unspecified atom stereocenters. The summed E-state index contributed by atoms with van der Waals surface area (Å²) in [5.41, 5.74) is 17.0. The van der Waals surface area contributed by atoms with E-state index < -0.39 is 0 Å². The summed E-state index contributed by atoms with van der Waals surface area (Å²) >= 11 is 0. The lowest BCUT2D eigenvalue weighted by Crippen LogP contribution is -2.16. The third kappa shape index (κ3) is 6.26. The molecule has 0 radical (unpaired) electrons. The molecule has 0 heterocycles. The van der Waals surface area contributed by atoms with Crippen LogP contribution in [0.25, 0.3) is 23.3 Å². The van der Waals surface area contributed by atoms with Crippen molar-refractivity contribution in [3.63, 3.8) is 0 Å². The Balaban J connectivity index is 1.08. The van der Waals surface area contributed by atoms with Gasteiger partial charge in [0.25, 0.3) is 0 Å². The highest BCUT2D eigenvalue weighted by atomic mass is 15.1. The van der Waals surface area contributed by atoms with Crippen LogP contribution < -0.4 is 9.80 Å². The van der Waals surface area contributed by atoms with Crippen LogP contribution in [0.2, 0.25) is 0 Å². The number of hydrogen-bond acceptors (Lipinski definition) is 2. The van der Waals surface area contributed by atoms with Crippen LogP contribution in [-0.2, 0) is 5.41 Å². The number of rotatable bonds is 8. The molecule has 0 bridgehead atoms. The van der Waals surface area contributed by atoms with Gasteiger partial charge < -0.3 is 9.80 Å². The van der Waals surface area contributed by atoms with E-state index in [0.29, 0.717) is 0 Å². The van der Waals surface area contributed by atoms with Crippen LogP contribution in [0.1, 0.15) is 47.2 Å². The van der Waals surface area contributed by atoms with Gasteiger partial charge in [0.15, 0.2) is 0 Å². The Morgan fingerprint density at radius 2 is 0.784 bits per heavy atom. The fourth-order valence-electron chi connectivity index (χ4n) is 7.62. The van der Waals surface area contributed by atoms with E-state index in [1.54, 1.807) is 0 Å². The molecule has 1 aliphatic carbocycles. The van der Waals surface area contributed by atoms with E-state index in [1.165, 1.54) is 55.9 Å². The molecule has 2 nitrogen and oxygen atoms in total. The van der Waals surface area contributed by atoms with Crippen LogP contribution in [0.5, 0.6) is 0 Å². The summed E-state index contributed by atoms with van der Waals surface area (Å²) in [7, 11) is 0. The molecular weight excluding hydrogens is 617 g/mol. The van der Waals surface area contributed by atoms with Gasteiger partial charge in [-0.05, 0) is 131 Å². The summed E-state index contributed by atoms with van der Waals surface area (Å²) < 4.78 is 0. The largest absolute Gasteiger partial charge is 0.310 e. The summed E-state index contributed by atoms with van der Waals surface area (Å²) in [6, 6.07) is 61.4. The molecule has 7 aromatic carbocycles. The van der Waals surface area contributed by atoms with Gasteiger partial charge in [0, 0.05) is 39.5 Å². The molecule has 51 heavy (non-hydrogen) atoms. The lowest BCUT2D eigenvalue weighted by Gasteiger charge is -2.28. The van der Waals surface area contributed by atoms with Crippen LogP contribution in [0.4, 0.5) is 34.1 Å². The Hall–Kier alpha value is -6.12. The zero-order valence-corrected chi connectivity index (χ0v) is 29.7. The van der Waals surface area contributed by atoms with E-state index in [1.807, 2.05) is 0 Å². The molecule has 7 aromatic rings. The smallest absolute Gasteiger partial charge is 0.0466 e. The summed E-state index contributed by atoms with van der Waals surface area (Å²) in [5.74, 6) is 0. The van der Waals surface area contributed by atoms with Gasteiger partial charge in [-0.25, -0.2) is 0 Å². The quantitative estimate of drug-likeness (QED) is 0.150. The fraction of sp³-hybridized carbons (Fsp3) is 0.102. The molecule has 0 aromatic heterocycles. The van der Waals surface area contributed by atoms with E-state index in [0.717, 1.165) is 22.7 Å². The predicted octanol–water partition coefficient (Wildman–Crippen LogP) is 13.7. The van der Waals surface area contributed by atoms with Crippen LogP contribution in [-0.4, -0.2) is 0 Å². The monoisotopic (exact) mass is 658 g/mol. The molecule has 0 saturated carbocycles. The molecule has 0 spiro atoms. The van der Waals surface area contributed by atoms with Crippen LogP contribution in [0, 0.1) is 13.8 Å². The van der Waals surface area contributed by atoms with Crippen molar-refractivity contribution in [3.8, 4) is 11.1 Å². The number of benzene rings is 7. The van der Waals surface area contributed by atoms with Crippen molar-refractivity contribution in [2.24, 2.45) is 0 Å². The molecule has 0 fully saturated rings. The topological polar surface area (TPSA) is 6.48 Å². The maximum Gasteiger partial charge on any atom is 0.0466 e. The summed E-state index contributed by atoms with van der Waals surface area (Å²) in [6.45, 7) is 9.04. The highest BCUT2D eigenvalue weighted by molar-refractivity contribution is 5.87. The minimum Gasteiger partial charge on any atom is -0.310 e. The first-order valence-corrected chi connectivity index (χ1v) is 17.8. The minimum absolute atomic E-state index is 0.139. The van der Waals surface area contributed by atoms with Crippen molar-refractivity contribution < 1.29 is 0 Å². The number of nitrogens with zero attached hydrogens (tertiary/aromatic N) is 2. The zero-order chi connectivity index (χ0) is 35.0. The average Bonchev–Trinajstić information content (AvgIpc) is 3.37. The molecular formula is C49H42N2. The molecule has 248 valence electrons. The molecule has 8 rings (SSSR count). The van der Waals surface area contributed by atoms with Crippen molar-refractivity contribution in [2.75, 3.05) is 9.80 Å². The van der Waals surface area contributed by atoms with E-state index in [-0.39, 0.29) is 5.41 Å². The average molecular weight is 659 g/mol. The number of anilines is 6.